The fraction of sp³-hybridized carbons (Fsp3) is 0.385. The van der Waals surface area contributed by atoms with Gasteiger partial charge in [-0.25, -0.2) is 0 Å². The van der Waals surface area contributed by atoms with Crippen LogP contribution in [0.3, 0.4) is 0 Å². The number of piperidine rings is 1. The molecule has 0 radical (unpaired) electrons. The summed E-state index contributed by atoms with van der Waals surface area (Å²) in [5, 5.41) is 17.4. The van der Waals surface area contributed by atoms with Crippen molar-refractivity contribution in [3.63, 3.8) is 0 Å². The molecular weight excluding hydrogens is 456 g/mol. The van der Waals surface area contributed by atoms with Gasteiger partial charge in [-0.15, -0.1) is 0 Å². The van der Waals surface area contributed by atoms with Crippen LogP contribution in [0.2, 0.25) is 0 Å². The summed E-state index contributed by atoms with van der Waals surface area (Å²) in [4.78, 5) is 27.4. The number of amides is 2. The second kappa shape index (κ2) is 9.62. The lowest BCUT2D eigenvalue weighted by Gasteiger charge is -2.34. The summed E-state index contributed by atoms with van der Waals surface area (Å²) in [5.41, 5.74) is 9.67. The number of nitrogens with two attached hydrogens (primary N) is 1. The molecule has 1 aliphatic heterocycles. The topological polar surface area (TPSA) is 123 Å². The molecule has 4 aromatic rings. The van der Waals surface area contributed by atoms with Gasteiger partial charge in [0.1, 0.15) is 5.52 Å². The molecule has 2 aromatic carbocycles. The highest BCUT2D eigenvalue weighted by Gasteiger charge is 2.23. The Morgan fingerprint density at radius 2 is 1.78 bits per heavy atom. The van der Waals surface area contributed by atoms with Gasteiger partial charge in [-0.1, -0.05) is 6.92 Å². The van der Waals surface area contributed by atoms with Crippen LogP contribution in [0.5, 0.6) is 0 Å². The van der Waals surface area contributed by atoms with Crippen LogP contribution in [0.1, 0.15) is 35.7 Å². The molecular formula is C26H32N8O2. The standard InChI is InChI=1S/C26H32N8O2/c1-4-28-18-7-9-34(10-8-18)22-6-5-20(25-21(22)15-33(3)31-25)26(36)29-19-11-16(13-23(27)35)24-17(12-19)14-32(2)30-24/h5-6,11-12,14-15,18,28H,4,7-10,13H2,1-3H3,(H2,27,35)(H,29,36). The number of primary amides is 1. The number of anilines is 2. The Bertz CT molecular complexity index is 1450. The van der Waals surface area contributed by atoms with Gasteiger partial charge < -0.3 is 21.3 Å². The summed E-state index contributed by atoms with van der Waals surface area (Å²) in [5.74, 6) is -0.713. The smallest absolute Gasteiger partial charge is 0.257 e. The molecule has 1 fully saturated rings. The maximum absolute atomic E-state index is 13.4. The van der Waals surface area contributed by atoms with Crippen LogP contribution in [0, 0.1) is 0 Å². The molecule has 1 aliphatic rings. The average Bonchev–Trinajstić information content (AvgIpc) is 3.40. The van der Waals surface area contributed by atoms with E-state index in [0.29, 0.717) is 33.9 Å². The van der Waals surface area contributed by atoms with Crippen molar-refractivity contribution in [2.45, 2.75) is 32.2 Å². The van der Waals surface area contributed by atoms with E-state index < -0.39 is 5.91 Å². The lowest BCUT2D eigenvalue weighted by molar-refractivity contribution is -0.117. The van der Waals surface area contributed by atoms with Crippen LogP contribution in [-0.4, -0.2) is 57.1 Å². The number of aryl methyl sites for hydroxylation is 2. The number of nitrogens with zero attached hydrogens (tertiary/aromatic N) is 5. The summed E-state index contributed by atoms with van der Waals surface area (Å²) in [6.07, 6.45) is 6.04. The third kappa shape index (κ3) is 4.64. The van der Waals surface area contributed by atoms with Crippen molar-refractivity contribution in [1.29, 1.82) is 0 Å². The zero-order chi connectivity index (χ0) is 25.4. The number of benzene rings is 2. The molecule has 10 heteroatoms. The molecule has 0 atom stereocenters. The molecule has 2 aromatic heterocycles. The van der Waals surface area contributed by atoms with Gasteiger partial charge in [-0.2, -0.15) is 10.2 Å². The van der Waals surface area contributed by atoms with Crippen LogP contribution in [0.4, 0.5) is 11.4 Å². The molecule has 0 saturated carbocycles. The number of fused-ring (bicyclic) bond motifs is 2. The summed E-state index contributed by atoms with van der Waals surface area (Å²) >= 11 is 0. The summed E-state index contributed by atoms with van der Waals surface area (Å²) < 4.78 is 3.43. The monoisotopic (exact) mass is 488 g/mol. The first-order valence-corrected chi connectivity index (χ1v) is 12.3. The lowest BCUT2D eigenvalue weighted by atomic mass is 10.0. The van der Waals surface area contributed by atoms with Crippen molar-refractivity contribution in [3.05, 3.63) is 47.8 Å². The summed E-state index contributed by atoms with van der Waals surface area (Å²) in [6.45, 7) is 5.05. The van der Waals surface area contributed by atoms with Crippen molar-refractivity contribution in [2.75, 3.05) is 29.9 Å². The predicted octanol–water partition coefficient (Wildman–Crippen LogP) is 2.32. The van der Waals surface area contributed by atoms with Crippen molar-refractivity contribution in [2.24, 2.45) is 19.8 Å². The highest BCUT2D eigenvalue weighted by molar-refractivity contribution is 6.14. The van der Waals surface area contributed by atoms with Crippen molar-refractivity contribution in [3.8, 4) is 0 Å². The molecule has 36 heavy (non-hydrogen) atoms. The Kier molecular flexibility index (Phi) is 6.36. The molecule has 5 rings (SSSR count). The zero-order valence-corrected chi connectivity index (χ0v) is 20.9. The average molecular weight is 489 g/mol. The van der Waals surface area contributed by atoms with Gasteiger partial charge in [-0.05, 0) is 49.2 Å². The number of rotatable bonds is 7. The number of hydrogen-bond acceptors (Lipinski definition) is 6. The first-order chi connectivity index (χ1) is 17.3. The highest BCUT2D eigenvalue weighted by atomic mass is 16.2. The van der Waals surface area contributed by atoms with Crippen LogP contribution in [0.15, 0.2) is 36.7 Å². The Hall–Kier alpha value is -3.92. The van der Waals surface area contributed by atoms with E-state index in [0.717, 1.165) is 48.9 Å². The Balaban J connectivity index is 1.44. The Morgan fingerprint density at radius 1 is 1.06 bits per heavy atom. The first kappa shape index (κ1) is 23.8. The Labute approximate surface area is 209 Å². The van der Waals surface area contributed by atoms with E-state index >= 15 is 0 Å². The lowest BCUT2D eigenvalue weighted by Crippen LogP contribution is -2.42. The van der Waals surface area contributed by atoms with E-state index in [9.17, 15) is 9.59 Å². The van der Waals surface area contributed by atoms with E-state index in [4.69, 9.17) is 5.73 Å². The SMILES string of the molecule is CCNC1CCN(c2ccc(C(=O)Nc3cc(CC(N)=O)c4nn(C)cc4c3)c3nn(C)cc23)CC1. The van der Waals surface area contributed by atoms with Gasteiger partial charge in [0.15, 0.2) is 0 Å². The minimum atomic E-state index is -0.453. The number of nitrogens with one attached hydrogen (secondary N) is 2. The molecule has 0 spiro atoms. The number of carbonyl (C=O) groups is 2. The van der Waals surface area contributed by atoms with E-state index in [1.165, 1.54) is 0 Å². The maximum atomic E-state index is 13.4. The van der Waals surface area contributed by atoms with Crippen LogP contribution >= 0.6 is 0 Å². The fourth-order valence-electron chi connectivity index (χ4n) is 5.20. The van der Waals surface area contributed by atoms with Gasteiger partial charge in [-0.3, -0.25) is 19.0 Å². The summed E-state index contributed by atoms with van der Waals surface area (Å²) in [6, 6.07) is 8.04. The quantitative estimate of drug-likeness (QED) is 0.367. The largest absolute Gasteiger partial charge is 0.371 e. The molecule has 188 valence electrons. The molecule has 0 aliphatic carbocycles. The van der Waals surface area contributed by atoms with Gasteiger partial charge in [0, 0.05) is 67.8 Å². The molecule has 0 bridgehead atoms. The van der Waals surface area contributed by atoms with Crippen LogP contribution < -0.4 is 21.3 Å². The van der Waals surface area contributed by atoms with Gasteiger partial charge in [0.05, 0.1) is 17.5 Å². The first-order valence-electron chi connectivity index (χ1n) is 12.3. The molecule has 10 nitrogen and oxygen atoms in total. The van der Waals surface area contributed by atoms with E-state index in [-0.39, 0.29) is 12.3 Å². The van der Waals surface area contributed by atoms with Crippen molar-refractivity contribution in [1.82, 2.24) is 24.9 Å². The van der Waals surface area contributed by atoms with Crippen LogP contribution in [0.25, 0.3) is 21.8 Å². The zero-order valence-electron chi connectivity index (χ0n) is 20.9. The number of carbonyl (C=O) groups excluding carboxylic acids is 2. The highest BCUT2D eigenvalue weighted by Crippen LogP contribution is 2.32. The van der Waals surface area contributed by atoms with E-state index in [1.54, 1.807) is 15.4 Å². The van der Waals surface area contributed by atoms with Gasteiger partial charge >= 0.3 is 0 Å². The van der Waals surface area contributed by atoms with Crippen molar-refractivity contribution < 1.29 is 9.59 Å². The molecule has 4 N–H and O–H groups in total. The normalized spacial score (nSPS) is 14.6. The molecule has 3 heterocycles. The number of aromatic nitrogens is 4. The molecule has 0 unspecified atom stereocenters. The maximum Gasteiger partial charge on any atom is 0.257 e. The molecule has 2 amide bonds. The third-order valence-electron chi connectivity index (χ3n) is 6.77. The Morgan fingerprint density at radius 3 is 2.50 bits per heavy atom. The van der Waals surface area contributed by atoms with Gasteiger partial charge in [0.25, 0.3) is 5.91 Å². The second-order valence-corrected chi connectivity index (χ2v) is 9.49. The molecule has 1 saturated heterocycles. The fourth-order valence-corrected chi connectivity index (χ4v) is 5.20. The third-order valence-corrected chi connectivity index (χ3v) is 6.77. The number of hydrogen-bond donors (Lipinski definition) is 3. The minimum absolute atomic E-state index is 0.0425. The minimum Gasteiger partial charge on any atom is -0.371 e. The predicted molar refractivity (Wildman–Crippen MR) is 141 cm³/mol. The summed E-state index contributed by atoms with van der Waals surface area (Å²) in [7, 11) is 3.68. The van der Waals surface area contributed by atoms with Gasteiger partial charge in [0.2, 0.25) is 5.91 Å². The van der Waals surface area contributed by atoms with Crippen LogP contribution in [-0.2, 0) is 25.3 Å². The van der Waals surface area contributed by atoms with Crippen molar-refractivity contribution >= 4 is 45.0 Å². The van der Waals surface area contributed by atoms with E-state index in [1.807, 2.05) is 44.7 Å². The van der Waals surface area contributed by atoms with E-state index in [2.05, 4.69) is 32.7 Å². The second-order valence-electron chi connectivity index (χ2n) is 9.49.